The van der Waals surface area contributed by atoms with E-state index in [4.69, 9.17) is 0 Å². The Balaban J connectivity index is 2.01. The van der Waals surface area contributed by atoms with Crippen molar-refractivity contribution in [3.05, 3.63) is 11.6 Å². The fourth-order valence-corrected chi connectivity index (χ4v) is 5.97. The summed E-state index contributed by atoms with van der Waals surface area (Å²) in [6.07, 6.45) is 7.35. The van der Waals surface area contributed by atoms with E-state index in [1.54, 1.807) is 0 Å². The van der Waals surface area contributed by atoms with E-state index in [-0.39, 0.29) is 23.2 Å². The van der Waals surface area contributed by atoms with Crippen molar-refractivity contribution in [1.82, 2.24) is 0 Å². The number of carbonyl (C=O) groups is 1. The monoisotopic (exact) mass is 320 g/mol. The Bertz CT molecular complexity index is 535. The largest absolute Gasteiger partial charge is 0.394 e. The van der Waals surface area contributed by atoms with Crippen LogP contribution in [-0.4, -0.2) is 28.7 Å². The third kappa shape index (κ3) is 2.51. The van der Waals surface area contributed by atoms with Crippen molar-refractivity contribution in [1.29, 1.82) is 0 Å². The molecular weight excluding hydrogens is 288 g/mol. The molecule has 0 bridgehead atoms. The summed E-state index contributed by atoms with van der Waals surface area (Å²) in [5.74, 6) is 1.07. The predicted octanol–water partition coefficient (Wildman–Crippen LogP) is 3.49. The highest BCUT2D eigenvalue weighted by Gasteiger charge is 2.57. The van der Waals surface area contributed by atoms with Crippen LogP contribution >= 0.6 is 0 Å². The van der Waals surface area contributed by atoms with Crippen LogP contribution in [0.5, 0.6) is 0 Å². The first kappa shape index (κ1) is 17.2. The van der Waals surface area contributed by atoms with Gasteiger partial charge in [0, 0.05) is 11.8 Å². The Hall–Kier alpha value is -0.670. The van der Waals surface area contributed by atoms with Gasteiger partial charge in [-0.05, 0) is 53.9 Å². The zero-order chi connectivity index (χ0) is 17.0. The van der Waals surface area contributed by atoms with E-state index < -0.39 is 11.5 Å². The molecule has 0 aromatic heterocycles. The molecule has 0 aliphatic heterocycles. The molecular formula is C20H32O3. The molecule has 0 heterocycles. The minimum atomic E-state index is -0.780. The van der Waals surface area contributed by atoms with Crippen LogP contribution in [0.3, 0.4) is 0 Å². The van der Waals surface area contributed by atoms with Gasteiger partial charge in [0.1, 0.15) is 0 Å². The zero-order valence-corrected chi connectivity index (χ0v) is 15.1. The van der Waals surface area contributed by atoms with Gasteiger partial charge in [-0.15, -0.1) is 0 Å². The second-order valence-electron chi connectivity index (χ2n) is 9.42. The maximum Gasteiger partial charge on any atom is 0.159 e. The van der Waals surface area contributed by atoms with E-state index in [0.717, 1.165) is 18.4 Å². The Kier molecular flexibility index (Phi) is 4.04. The second-order valence-corrected chi connectivity index (χ2v) is 9.42. The molecule has 23 heavy (non-hydrogen) atoms. The summed E-state index contributed by atoms with van der Waals surface area (Å²) >= 11 is 0. The van der Waals surface area contributed by atoms with E-state index >= 15 is 0 Å². The molecule has 3 heteroatoms. The number of rotatable bonds is 2. The lowest BCUT2D eigenvalue weighted by molar-refractivity contribution is -0.132. The summed E-state index contributed by atoms with van der Waals surface area (Å²) in [7, 11) is 0. The van der Waals surface area contributed by atoms with Crippen LogP contribution in [0.25, 0.3) is 0 Å². The molecule has 0 spiro atoms. The summed E-state index contributed by atoms with van der Waals surface area (Å²) in [4.78, 5) is 12.9. The van der Waals surface area contributed by atoms with Gasteiger partial charge in [-0.1, -0.05) is 40.2 Å². The van der Waals surface area contributed by atoms with E-state index in [1.807, 2.05) is 13.0 Å². The second kappa shape index (κ2) is 5.42. The van der Waals surface area contributed by atoms with Crippen LogP contribution in [0.15, 0.2) is 11.6 Å². The highest BCUT2D eigenvalue weighted by Crippen LogP contribution is 2.63. The lowest BCUT2D eigenvalue weighted by Crippen LogP contribution is -2.53. The first-order valence-corrected chi connectivity index (χ1v) is 9.19. The molecule has 130 valence electrons. The van der Waals surface area contributed by atoms with E-state index in [1.165, 1.54) is 19.3 Å². The van der Waals surface area contributed by atoms with Crippen molar-refractivity contribution in [2.45, 2.75) is 72.3 Å². The van der Waals surface area contributed by atoms with Gasteiger partial charge in [0.2, 0.25) is 0 Å². The summed E-state index contributed by atoms with van der Waals surface area (Å²) in [5.41, 5.74) is 0.915. The minimum absolute atomic E-state index is 0.201. The molecule has 2 saturated carbocycles. The van der Waals surface area contributed by atoms with Gasteiger partial charge in [0.25, 0.3) is 0 Å². The molecule has 2 N–H and O–H groups in total. The molecule has 3 aliphatic carbocycles. The smallest absolute Gasteiger partial charge is 0.159 e. The SMILES string of the molecule is CC1(C)CCCC2(C)C3CCC(C)(C(O)CO)C=C3C(=O)CC12. The van der Waals surface area contributed by atoms with Crippen LogP contribution in [0, 0.1) is 28.1 Å². The molecule has 0 radical (unpaired) electrons. The molecule has 3 nitrogen and oxygen atoms in total. The van der Waals surface area contributed by atoms with E-state index in [2.05, 4.69) is 20.8 Å². The van der Waals surface area contributed by atoms with Gasteiger partial charge in [-0.25, -0.2) is 0 Å². The minimum Gasteiger partial charge on any atom is -0.394 e. The van der Waals surface area contributed by atoms with Crippen molar-refractivity contribution in [2.75, 3.05) is 6.61 Å². The standard InChI is InChI=1S/C20H32O3/c1-18(2)7-5-8-20(4)14-6-9-19(3,17(23)12-21)11-13(14)15(22)10-16(18)20/h11,14,16-17,21,23H,5-10,12H2,1-4H3. The van der Waals surface area contributed by atoms with Gasteiger partial charge in [0.05, 0.1) is 12.7 Å². The molecule has 5 unspecified atom stereocenters. The summed E-state index contributed by atoms with van der Waals surface area (Å²) in [5, 5.41) is 19.5. The number of Topliss-reactive ketones (excluding diaryl/α,β-unsaturated/α-hetero) is 1. The molecule has 3 rings (SSSR count). The Labute approximate surface area is 140 Å². The number of hydrogen-bond donors (Lipinski definition) is 2. The number of fused-ring (bicyclic) bond motifs is 3. The van der Waals surface area contributed by atoms with Crippen LogP contribution in [0.2, 0.25) is 0 Å². The quantitative estimate of drug-likeness (QED) is 0.819. The number of hydrogen-bond acceptors (Lipinski definition) is 3. The van der Waals surface area contributed by atoms with Crippen molar-refractivity contribution in [3.63, 3.8) is 0 Å². The highest BCUT2D eigenvalue weighted by molar-refractivity contribution is 5.97. The maximum atomic E-state index is 12.9. The third-order valence-electron chi connectivity index (χ3n) is 7.55. The van der Waals surface area contributed by atoms with Gasteiger partial charge in [0.15, 0.2) is 5.78 Å². The first-order valence-electron chi connectivity index (χ1n) is 9.19. The number of ketones is 1. The molecule has 0 saturated heterocycles. The van der Waals surface area contributed by atoms with Crippen LogP contribution < -0.4 is 0 Å². The fraction of sp³-hybridized carbons (Fsp3) is 0.850. The highest BCUT2D eigenvalue weighted by atomic mass is 16.3. The lowest BCUT2D eigenvalue weighted by Gasteiger charge is -2.59. The van der Waals surface area contributed by atoms with Gasteiger partial charge < -0.3 is 10.2 Å². The Morgan fingerprint density at radius 1 is 1.22 bits per heavy atom. The number of aliphatic hydroxyl groups is 2. The maximum absolute atomic E-state index is 12.9. The molecule has 5 atom stereocenters. The topological polar surface area (TPSA) is 57.5 Å². The van der Waals surface area contributed by atoms with Crippen LogP contribution in [0.4, 0.5) is 0 Å². The molecule has 0 aromatic carbocycles. The normalized spacial score (nSPS) is 44.1. The van der Waals surface area contributed by atoms with Gasteiger partial charge >= 0.3 is 0 Å². The molecule has 0 amide bonds. The average molecular weight is 320 g/mol. The Morgan fingerprint density at radius 2 is 1.91 bits per heavy atom. The summed E-state index contributed by atoms with van der Waals surface area (Å²) in [6.45, 7) is 8.80. The van der Waals surface area contributed by atoms with E-state index in [9.17, 15) is 15.0 Å². The summed E-state index contributed by atoms with van der Waals surface area (Å²) in [6, 6.07) is 0. The average Bonchev–Trinajstić information content (AvgIpc) is 2.48. The zero-order valence-electron chi connectivity index (χ0n) is 15.1. The first-order chi connectivity index (χ1) is 10.6. The Morgan fingerprint density at radius 3 is 2.57 bits per heavy atom. The lowest BCUT2D eigenvalue weighted by atomic mass is 9.45. The van der Waals surface area contributed by atoms with Crippen LogP contribution in [-0.2, 0) is 4.79 Å². The number of allylic oxidation sites excluding steroid dienone is 1. The fourth-order valence-electron chi connectivity index (χ4n) is 5.97. The predicted molar refractivity (Wildman–Crippen MR) is 90.9 cm³/mol. The van der Waals surface area contributed by atoms with Crippen molar-refractivity contribution in [3.8, 4) is 0 Å². The molecule has 3 aliphatic rings. The summed E-state index contributed by atoms with van der Waals surface area (Å²) < 4.78 is 0. The van der Waals surface area contributed by atoms with E-state index in [0.29, 0.717) is 18.3 Å². The molecule has 2 fully saturated rings. The number of aliphatic hydroxyl groups excluding tert-OH is 2. The third-order valence-corrected chi connectivity index (χ3v) is 7.55. The van der Waals surface area contributed by atoms with Crippen molar-refractivity contribution < 1.29 is 15.0 Å². The van der Waals surface area contributed by atoms with Crippen molar-refractivity contribution >= 4 is 5.78 Å². The van der Waals surface area contributed by atoms with Gasteiger partial charge in [-0.3, -0.25) is 4.79 Å². The number of carbonyl (C=O) groups excluding carboxylic acids is 1. The van der Waals surface area contributed by atoms with Crippen molar-refractivity contribution in [2.24, 2.45) is 28.1 Å². The van der Waals surface area contributed by atoms with Gasteiger partial charge in [-0.2, -0.15) is 0 Å². The van der Waals surface area contributed by atoms with Crippen LogP contribution in [0.1, 0.15) is 66.2 Å². The molecule has 0 aromatic rings.